The molecule has 2 aromatic rings. The molecule has 0 radical (unpaired) electrons. The zero-order chi connectivity index (χ0) is 16.1. The van der Waals surface area contributed by atoms with Crippen LogP contribution in [0.15, 0.2) is 29.4 Å². The molecule has 0 fully saturated rings. The fourth-order valence-electron chi connectivity index (χ4n) is 3.29. The van der Waals surface area contributed by atoms with Crippen LogP contribution in [0.3, 0.4) is 0 Å². The Labute approximate surface area is 131 Å². The van der Waals surface area contributed by atoms with Gasteiger partial charge in [-0.2, -0.15) is 9.40 Å². The van der Waals surface area contributed by atoms with Crippen LogP contribution in [0.25, 0.3) is 0 Å². The van der Waals surface area contributed by atoms with Crippen molar-refractivity contribution in [2.75, 3.05) is 6.54 Å². The van der Waals surface area contributed by atoms with Gasteiger partial charge in [0.15, 0.2) is 0 Å². The third kappa shape index (κ3) is 2.28. The normalized spacial score (nSPS) is 19.6. The van der Waals surface area contributed by atoms with Crippen molar-refractivity contribution in [2.24, 2.45) is 13.0 Å². The Morgan fingerprint density at radius 3 is 2.64 bits per heavy atom. The van der Waals surface area contributed by atoms with Crippen molar-refractivity contribution in [3.05, 3.63) is 35.9 Å². The molecule has 7 heteroatoms. The average molecular weight is 322 g/mol. The van der Waals surface area contributed by atoms with Crippen LogP contribution >= 0.6 is 0 Å². The van der Waals surface area contributed by atoms with E-state index in [-0.39, 0.29) is 12.0 Å². The number of nitrogens with zero attached hydrogens (tertiary/aromatic N) is 4. The highest BCUT2D eigenvalue weighted by Crippen LogP contribution is 2.36. The lowest BCUT2D eigenvalue weighted by Crippen LogP contribution is -2.43. The molecule has 0 spiro atoms. The van der Waals surface area contributed by atoms with Crippen molar-refractivity contribution < 1.29 is 8.42 Å². The Morgan fingerprint density at radius 1 is 1.32 bits per heavy atom. The lowest BCUT2D eigenvalue weighted by Gasteiger charge is -2.38. The summed E-state index contributed by atoms with van der Waals surface area (Å²) in [6.07, 6.45) is 3.61. The summed E-state index contributed by atoms with van der Waals surface area (Å²) in [7, 11) is -1.81. The second kappa shape index (κ2) is 5.24. The second-order valence-corrected chi connectivity index (χ2v) is 8.04. The Balaban J connectivity index is 2.09. The predicted octanol–water partition coefficient (Wildman–Crippen LogP) is 1.93. The number of aryl methyl sites for hydroxylation is 2. The maximum Gasteiger partial charge on any atom is 0.247 e. The van der Waals surface area contributed by atoms with Gasteiger partial charge in [-0.15, -0.1) is 0 Å². The molecule has 3 heterocycles. The zero-order valence-corrected chi connectivity index (χ0v) is 14.2. The lowest BCUT2D eigenvalue weighted by molar-refractivity contribution is 0.215. The Bertz CT molecular complexity index is 788. The van der Waals surface area contributed by atoms with E-state index in [2.05, 4.69) is 23.5 Å². The number of fused-ring (bicyclic) bond motifs is 1. The van der Waals surface area contributed by atoms with Crippen molar-refractivity contribution in [2.45, 2.75) is 38.3 Å². The molecule has 0 aromatic carbocycles. The molecule has 1 aliphatic heterocycles. The highest BCUT2D eigenvalue weighted by atomic mass is 32.2. The molecule has 3 rings (SSSR count). The van der Waals surface area contributed by atoms with Crippen LogP contribution in [-0.2, 0) is 23.6 Å². The van der Waals surface area contributed by atoms with Crippen LogP contribution in [0.4, 0.5) is 0 Å². The Morgan fingerprint density at radius 2 is 2.05 bits per heavy atom. The van der Waals surface area contributed by atoms with Gasteiger partial charge in [-0.05, 0) is 25.0 Å². The minimum Gasteiger partial charge on any atom is -0.349 e. The smallest absolute Gasteiger partial charge is 0.247 e. The number of hydrogen-bond donors (Lipinski definition) is 0. The first-order valence-corrected chi connectivity index (χ1v) is 8.93. The largest absolute Gasteiger partial charge is 0.349 e. The third-order valence-corrected chi connectivity index (χ3v) is 6.21. The number of sulfonamides is 1. The van der Waals surface area contributed by atoms with Crippen molar-refractivity contribution in [3.8, 4) is 0 Å². The standard InChI is InChI=1S/C15H22N4O2S/c1-11(2)15-13-6-5-7-18(13)8-9-19(15)22(20,21)14-10-17(4)16-12(14)3/h5-7,10-11,15H,8-9H2,1-4H3/t15-/m1/s1. The van der Waals surface area contributed by atoms with Gasteiger partial charge < -0.3 is 4.57 Å². The molecular formula is C15H22N4O2S. The van der Waals surface area contributed by atoms with Gasteiger partial charge in [0, 0.05) is 38.2 Å². The molecule has 1 aliphatic rings. The van der Waals surface area contributed by atoms with E-state index in [0.717, 1.165) is 5.69 Å². The summed E-state index contributed by atoms with van der Waals surface area (Å²) in [6.45, 7) is 7.03. The molecule has 22 heavy (non-hydrogen) atoms. The summed E-state index contributed by atoms with van der Waals surface area (Å²) >= 11 is 0. The Kier molecular flexibility index (Phi) is 3.65. The van der Waals surface area contributed by atoms with Gasteiger partial charge in [0.25, 0.3) is 0 Å². The molecular weight excluding hydrogens is 300 g/mol. The highest BCUT2D eigenvalue weighted by molar-refractivity contribution is 7.89. The first kappa shape index (κ1) is 15.3. The van der Waals surface area contributed by atoms with E-state index >= 15 is 0 Å². The molecule has 0 unspecified atom stereocenters. The fourth-order valence-corrected chi connectivity index (χ4v) is 5.22. The summed E-state index contributed by atoms with van der Waals surface area (Å²) < 4.78 is 31.6. The molecule has 1 atom stereocenters. The number of aromatic nitrogens is 3. The van der Waals surface area contributed by atoms with Crippen LogP contribution < -0.4 is 0 Å². The minimum absolute atomic E-state index is 0.145. The van der Waals surface area contributed by atoms with E-state index in [0.29, 0.717) is 23.7 Å². The minimum atomic E-state index is -3.55. The maximum atomic E-state index is 13.1. The molecule has 120 valence electrons. The van der Waals surface area contributed by atoms with Gasteiger partial charge in [0.1, 0.15) is 4.90 Å². The zero-order valence-electron chi connectivity index (χ0n) is 13.4. The first-order valence-electron chi connectivity index (χ1n) is 7.49. The molecule has 2 aromatic heterocycles. The quantitative estimate of drug-likeness (QED) is 0.867. The highest BCUT2D eigenvalue weighted by Gasteiger charge is 2.39. The van der Waals surface area contributed by atoms with E-state index in [4.69, 9.17) is 0 Å². The van der Waals surface area contributed by atoms with Crippen LogP contribution in [0.5, 0.6) is 0 Å². The van der Waals surface area contributed by atoms with Crippen molar-refractivity contribution in [3.63, 3.8) is 0 Å². The SMILES string of the molecule is Cc1nn(C)cc1S(=O)(=O)N1CCn2cccc2[C@H]1C(C)C. The van der Waals surface area contributed by atoms with Gasteiger partial charge >= 0.3 is 0 Å². The van der Waals surface area contributed by atoms with E-state index < -0.39 is 10.0 Å². The van der Waals surface area contributed by atoms with Crippen LogP contribution in [0.1, 0.15) is 31.3 Å². The van der Waals surface area contributed by atoms with Crippen LogP contribution in [0, 0.1) is 12.8 Å². The van der Waals surface area contributed by atoms with Gasteiger partial charge in [-0.25, -0.2) is 8.42 Å². The van der Waals surface area contributed by atoms with E-state index in [1.54, 1.807) is 29.2 Å². The molecule has 0 amide bonds. The summed E-state index contributed by atoms with van der Waals surface area (Å²) in [5.74, 6) is 0.195. The van der Waals surface area contributed by atoms with Gasteiger partial charge in [0.2, 0.25) is 10.0 Å². The van der Waals surface area contributed by atoms with Crippen LogP contribution in [0.2, 0.25) is 0 Å². The predicted molar refractivity (Wildman–Crippen MR) is 83.8 cm³/mol. The van der Waals surface area contributed by atoms with Crippen LogP contribution in [-0.4, -0.2) is 33.6 Å². The maximum absolute atomic E-state index is 13.1. The number of hydrogen-bond acceptors (Lipinski definition) is 3. The van der Waals surface area contributed by atoms with E-state index in [1.807, 2.05) is 18.3 Å². The fraction of sp³-hybridized carbons (Fsp3) is 0.533. The summed E-state index contributed by atoms with van der Waals surface area (Å²) in [6, 6.07) is 3.85. The van der Waals surface area contributed by atoms with Crippen molar-refractivity contribution in [1.82, 2.24) is 18.7 Å². The van der Waals surface area contributed by atoms with Gasteiger partial charge in [-0.1, -0.05) is 13.8 Å². The molecule has 0 N–H and O–H groups in total. The van der Waals surface area contributed by atoms with Crippen molar-refractivity contribution in [1.29, 1.82) is 0 Å². The average Bonchev–Trinajstić information content (AvgIpc) is 3.03. The van der Waals surface area contributed by atoms with Crippen molar-refractivity contribution >= 4 is 10.0 Å². The molecule has 0 saturated carbocycles. The summed E-state index contributed by atoms with van der Waals surface area (Å²) in [4.78, 5) is 0.306. The molecule has 0 bridgehead atoms. The second-order valence-electron chi connectivity index (χ2n) is 6.18. The monoisotopic (exact) mass is 322 g/mol. The summed E-state index contributed by atoms with van der Waals surface area (Å²) in [5, 5.41) is 4.18. The lowest BCUT2D eigenvalue weighted by atomic mass is 9.99. The molecule has 0 saturated heterocycles. The number of rotatable bonds is 3. The van der Waals surface area contributed by atoms with E-state index in [9.17, 15) is 8.42 Å². The Hall–Kier alpha value is -1.60. The van der Waals surface area contributed by atoms with Gasteiger partial charge in [0.05, 0.1) is 11.7 Å². The molecule has 0 aliphatic carbocycles. The topological polar surface area (TPSA) is 60.1 Å². The molecule has 6 nitrogen and oxygen atoms in total. The third-order valence-electron chi connectivity index (χ3n) is 4.23. The summed E-state index contributed by atoms with van der Waals surface area (Å²) in [5.41, 5.74) is 1.61. The first-order chi connectivity index (χ1) is 10.3. The van der Waals surface area contributed by atoms with E-state index in [1.165, 1.54) is 0 Å². The van der Waals surface area contributed by atoms with Gasteiger partial charge in [-0.3, -0.25) is 4.68 Å².